The Bertz CT molecular complexity index is 796. The SMILES string of the molecule is Cc1ccc([C@H](NC(=O)c2ccco2)c2cccnc2)cc1C. The Morgan fingerprint density at radius 2 is 1.96 bits per heavy atom. The van der Waals surface area contributed by atoms with Gasteiger partial charge >= 0.3 is 0 Å². The van der Waals surface area contributed by atoms with Crippen molar-refractivity contribution in [1.29, 1.82) is 0 Å². The molecule has 3 aromatic rings. The zero-order valence-electron chi connectivity index (χ0n) is 13.1. The summed E-state index contributed by atoms with van der Waals surface area (Å²) in [7, 11) is 0. The lowest BCUT2D eigenvalue weighted by molar-refractivity contribution is 0.0915. The molecule has 4 nitrogen and oxygen atoms in total. The normalized spacial score (nSPS) is 11.9. The quantitative estimate of drug-likeness (QED) is 0.797. The first kappa shape index (κ1) is 15.0. The minimum atomic E-state index is -0.277. The van der Waals surface area contributed by atoms with Crippen molar-refractivity contribution in [1.82, 2.24) is 10.3 Å². The fourth-order valence-corrected chi connectivity index (χ4v) is 2.46. The highest BCUT2D eigenvalue weighted by molar-refractivity contribution is 5.91. The van der Waals surface area contributed by atoms with Crippen molar-refractivity contribution in [3.8, 4) is 0 Å². The topological polar surface area (TPSA) is 55.1 Å². The molecule has 0 aliphatic rings. The average molecular weight is 306 g/mol. The highest BCUT2D eigenvalue weighted by Gasteiger charge is 2.19. The molecule has 2 aromatic heterocycles. The molecular weight excluding hydrogens is 288 g/mol. The second kappa shape index (κ2) is 6.48. The first-order valence-corrected chi connectivity index (χ1v) is 7.46. The van der Waals surface area contributed by atoms with Gasteiger partial charge in [-0.3, -0.25) is 9.78 Å². The molecule has 0 aliphatic carbocycles. The Morgan fingerprint density at radius 1 is 1.09 bits per heavy atom. The molecule has 0 radical (unpaired) electrons. The van der Waals surface area contributed by atoms with Crippen molar-refractivity contribution in [2.45, 2.75) is 19.9 Å². The van der Waals surface area contributed by atoms with Gasteiger partial charge in [-0.15, -0.1) is 0 Å². The molecular formula is C19H18N2O2. The minimum absolute atomic E-state index is 0.248. The summed E-state index contributed by atoms with van der Waals surface area (Å²) in [6, 6.07) is 13.1. The highest BCUT2D eigenvalue weighted by Crippen LogP contribution is 2.24. The van der Waals surface area contributed by atoms with Gasteiger partial charge in [0.1, 0.15) is 0 Å². The van der Waals surface area contributed by atoms with Crippen molar-refractivity contribution >= 4 is 5.91 Å². The maximum atomic E-state index is 12.4. The van der Waals surface area contributed by atoms with Crippen molar-refractivity contribution in [2.75, 3.05) is 0 Å². The molecule has 0 aliphatic heterocycles. The Hall–Kier alpha value is -2.88. The molecule has 1 atom stereocenters. The van der Waals surface area contributed by atoms with Crippen LogP contribution in [0.15, 0.2) is 65.5 Å². The number of nitrogens with one attached hydrogen (secondary N) is 1. The summed E-state index contributed by atoms with van der Waals surface area (Å²) in [6.45, 7) is 4.13. The lowest BCUT2D eigenvalue weighted by atomic mass is 9.96. The molecule has 0 spiro atoms. The number of carbonyl (C=O) groups excluding carboxylic acids is 1. The monoisotopic (exact) mass is 306 g/mol. The molecule has 1 amide bonds. The van der Waals surface area contributed by atoms with Crippen LogP contribution in [0.2, 0.25) is 0 Å². The van der Waals surface area contributed by atoms with Crippen LogP contribution < -0.4 is 5.32 Å². The average Bonchev–Trinajstić information content (AvgIpc) is 3.10. The third-order valence-electron chi connectivity index (χ3n) is 3.90. The van der Waals surface area contributed by atoms with Crippen LogP contribution in [0.5, 0.6) is 0 Å². The lowest BCUT2D eigenvalue weighted by Crippen LogP contribution is -2.29. The predicted molar refractivity (Wildman–Crippen MR) is 88.2 cm³/mol. The molecule has 0 saturated heterocycles. The number of carbonyl (C=O) groups is 1. The van der Waals surface area contributed by atoms with Gasteiger partial charge in [-0.05, 0) is 54.3 Å². The smallest absolute Gasteiger partial charge is 0.287 e. The van der Waals surface area contributed by atoms with Gasteiger partial charge in [0.2, 0.25) is 0 Å². The predicted octanol–water partition coefficient (Wildman–Crippen LogP) is 3.81. The summed E-state index contributed by atoms with van der Waals surface area (Å²) in [5.41, 5.74) is 4.34. The lowest BCUT2D eigenvalue weighted by Gasteiger charge is -2.20. The van der Waals surface area contributed by atoms with Gasteiger partial charge in [0, 0.05) is 12.4 Å². The number of benzene rings is 1. The number of amides is 1. The summed E-state index contributed by atoms with van der Waals surface area (Å²) in [5, 5.41) is 3.03. The molecule has 0 bridgehead atoms. The van der Waals surface area contributed by atoms with E-state index in [1.807, 2.05) is 18.2 Å². The van der Waals surface area contributed by atoms with Crippen molar-refractivity contribution in [3.05, 3.63) is 89.1 Å². The Balaban J connectivity index is 1.97. The van der Waals surface area contributed by atoms with Crippen LogP contribution in [-0.2, 0) is 0 Å². The van der Waals surface area contributed by atoms with Crippen LogP contribution in [-0.4, -0.2) is 10.9 Å². The number of furan rings is 1. The highest BCUT2D eigenvalue weighted by atomic mass is 16.3. The molecule has 116 valence electrons. The van der Waals surface area contributed by atoms with E-state index in [2.05, 4.69) is 36.3 Å². The van der Waals surface area contributed by atoms with Gasteiger partial charge < -0.3 is 9.73 Å². The zero-order chi connectivity index (χ0) is 16.2. The van der Waals surface area contributed by atoms with Crippen LogP contribution in [0.25, 0.3) is 0 Å². The van der Waals surface area contributed by atoms with E-state index in [9.17, 15) is 4.79 Å². The largest absolute Gasteiger partial charge is 0.459 e. The van der Waals surface area contributed by atoms with Crippen LogP contribution in [0.1, 0.15) is 38.9 Å². The molecule has 23 heavy (non-hydrogen) atoms. The number of nitrogens with zero attached hydrogens (tertiary/aromatic N) is 1. The molecule has 0 saturated carbocycles. The van der Waals surface area contributed by atoms with Crippen molar-refractivity contribution in [3.63, 3.8) is 0 Å². The molecule has 4 heteroatoms. The third-order valence-corrected chi connectivity index (χ3v) is 3.90. The maximum absolute atomic E-state index is 12.4. The van der Waals surface area contributed by atoms with E-state index in [0.29, 0.717) is 5.76 Å². The molecule has 1 aromatic carbocycles. The van der Waals surface area contributed by atoms with Crippen LogP contribution in [0, 0.1) is 13.8 Å². The van der Waals surface area contributed by atoms with Crippen LogP contribution >= 0.6 is 0 Å². The Morgan fingerprint density at radius 3 is 2.61 bits per heavy atom. The van der Waals surface area contributed by atoms with E-state index in [1.165, 1.54) is 17.4 Å². The van der Waals surface area contributed by atoms with Gasteiger partial charge in [0.05, 0.1) is 12.3 Å². The van der Waals surface area contributed by atoms with Gasteiger partial charge in [-0.25, -0.2) is 0 Å². The van der Waals surface area contributed by atoms with Crippen molar-refractivity contribution < 1.29 is 9.21 Å². The van der Waals surface area contributed by atoms with E-state index < -0.39 is 0 Å². The van der Waals surface area contributed by atoms with Crippen LogP contribution in [0.4, 0.5) is 0 Å². The first-order chi connectivity index (χ1) is 11.1. The summed E-state index contributed by atoms with van der Waals surface area (Å²) in [6.07, 6.45) is 4.97. The Labute approximate surface area is 135 Å². The van der Waals surface area contributed by atoms with Gasteiger partial charge in [0.25, 0.3) is 5.91 Å². The Kier molecular flexibility index (Phi) is 4.24. The first-order valence-electron chi connectivity index (χ1n) is 7.46. The summed E-state index contributed by atoms with van der Waals surface area (Å²) in [5.74, 6) is 0.0461. The van der Waals surface area contributed by atoms with E-state index in [1.54, 1.807) is 24.5 Å². The number of aromatic nitrogens is 1. The van der Waals surface area contributed by atoms with Crippen molar-refractivity contribution in [2.24, 2.45) is 0 Å². The number of rotatable bonds is 4. The summed E-state index contributed by atoms with van der Waals surface area (Å²) in [4.78, 5) is 16.6. The van der Waals surface area contributed by atoms with Gasteiger partial charge in [0.15, 0.2) is 5.76 Å². The molecule has 0 unspecified atom stereocenters. The molecule has 3 rings (SSSR count). The number of hydrogen-bond donors (Lipinski definition) is 1. The number of aryl methyl sites for hydroxylation is 2. The van der Waals surface area contributed by atoms with Gasteiger partial charge in [-0.1, -0.05) is 24.3 Å². The summed E-state index contributed by atoms with van der Waals surface area (Å²) >= 11 is 0. The standard InChI is InChI=1S/C19H18N2O2/c1-13-7-8-15(11-14(13)2)18(16-5-3-9-20-12-16)21-19(22)17-6-4-10-23-17/h3-12,18H,1-2H3,(H,21,22)/t18-/m0/s1. The fourth-order valence-electron chi connectivity index (χ4n) is 2.46. The van der Waals surface area contributed by atoms with Gasteiger partial charge in [-0.2, -0.15) is 0 Å². The summed E-state index contributed by atoms with van der Waals surface area (Å²) < 4.78 is 5.18. The van der Waals surface area contributed by atoms with E-state index in [4.69, 9.17) is 4.42 Å². The fraction of sp³-hybridized carbons (Fsp3) is 0.158. The van der Waals surface area contributed by atoms with E-state index in [0.717, 1.165) is 11.1 Å². The number of pyridine rings is 1. The maximum Gasteiger partial charge on any atom is 0.287 e. The number of hydrogen-bond acceptors (Lipinski definition) is 3. The molecule has 0 fully saturated rings. The second-order valence-electron chi connectivity index (χ2n) is 5.51. The van der Waals surface area contributed by atoms with E-state index in [-0.39, 0.29) is 11.9 Å². The zero-order valence-corrected chi connectivity index (χ0v) is 13.1. The minimum Gasteiger partial charge on any atom is -0.459 e. The molecule has 1 N–H and O–H groups in total. The van der Waals surface area contributed by atoms with E-state index >= 15 is 0 Å². The van der Waals surface area contributed by atoms with Crippen LogP contribution in [0.3, 0.4) is 0 Å². The second-order valence-corrected chi connectivity index (χ2v) is 5.51. The third kappa shape index (κ3) is 3.31. The molecule has 2 heterocycles.